The number of carbonyl (C=O) groups is 1. The second-order valence-electron chi connectivity index (χ2n) is 8.01. The molecule has 0 aliphatic carbocycles. The largest absolute Gasteiger partial charge is 0.482 e. The van der Waals surface area contributed by atoms with Crippen molar-refractivity contribution in [3.63, 3.8) is 0 Å². The topological polar surface area (TPSA) is 123 Å². The first kappa shape index (κ1) is 29.3. The maximum Gasteiger partial charge on any atom is 0.291 e. The highest BCUT2D eigenvalue weighted by Gasteiger charge is 2.22. The van der Waals surface area contributed by atoms with Crippen LogP contribution in [-0.4, -0.2) is 24.3 Å². The first-order valence-electron chi connectivity index (χ1n) is 10.8. The number of furan rings is 1. The lowest BCUT2D eigenvalue weighted by Gasteiger charge is -2.12. The number of rotatable bonds is 8. The van der Waals surface area contributed by atoms with Crippen LogP contribution < -0.4 is 14.8 Å². The fourth-order valence-corrected chi connectivity index (χ4v) is 5.47. The second-order valence-corrected chi connectivity index (χ2v) is 11.6. The van der Waals surface area contributed by atoms with Crippen LogP contribution >= 0.6 is 58.0 Å². The lowest BCUT2D eigenvalue weighted by atomic mass is 10.3. The predicted molar refractivity (Wildman–Crippen MR) is 151 cm³/mol. The second kappa shape index (κ2) is 11.8. The van der Waals surface area contributed by atoms with Crippen molar-refractivity contribution in [2.45, 2.75) is 25.3 Å². The molecule has 4 rings (SSSR count). The van der Waals surface area contributed by atoms with Gasteiger partial charge in [-0.2, -0.15) is 0 Å². The van der Waals surface area contributed by atoms with Crippen LogP contribution in [0.15, 0.2) is 51.8 Å². The number of nitrogens with one attached hydrogen (secondary N) is 2. The summed E-state index contributed by atoms with van der Waals surface area (Å²) in [6.07, 6.45) is 0. The van der Waals surface area contributed by atoms with E-state index in [1.54, 1.807) is 19.9 Å². The molecule has 204 valence electrons. The number of hydrogen-bond donors (Lipinski definition) is 2. The average molecular weight is 651 g/mol. The van der Waals surface area contributed by atoms with Crippen LogP contribution in [0.25, 0.3) is 0 Å². The van der Waals surface area contributed by atoms with Crippen LogP contribution in [0.2, 0.25) is 25.1 Å². The summed E-state index contributed by atoms with van der Waals surface area (Å²) in [6.45, 7) is 3.32. The van der Waals surface area contributed by atoms with Crippen molar-refractivity contribution >= 4 is 85.6 Å². The third-order valence-electron chi connectivity index (χ3n) is 5.04. The number of amides is 1. The molecule has 0 saturated heterocycles. The smallest absolute Gasteiger partial charge is 0.291 e. The zero-order valence-electron chi connectivity index (χ0n) is 20.0. The highest BCUT2D eigenvalue weighted by atomic mass is 35.5. The lowest BCUT2D eigenvalue weighted by Crippen LogP contribution is -2.16. The van der Waals surface area contributed by atoms with E-state index in [9.17, 15) is 13.2 Å². The summed E-state index contributed by atoms with van der Waals surface area (Å²) in [4.78, 5) is 20.8. The van der Waals surface area contributed by atoms with E-state index in [4.69, 9.17) is 67.2 Å². The van der Waals surface area contributed by atoms with Gasteiger partial charge < -0.3 is 14.5 Å². The van der Waals surface area contributed by atoms with E-state index in [1.165, 1.54) is 36.4 Å². The number of anilines is 2. The molecule has 0 atom stereocenters. The Labute approximate surface area is 248 Å². The Kier molecular flexibility index (Phi) is 8.85. The highest BCUT2D eigenvalue weighted by Crippen LogP contribution is 2.48. The fraction of sp³-hybridized carbons (Fsp3) is 0.125. The number of benzene rings is 2. The molecule has 0 saturated carbocycles. The Bertz CT molecular complexity index is 1630. The number of halogens is 5. The summed E-state index contributed by atoms with van der Waals surface area (Å²) in [5.74, 6) is -0.353. The predicted octanol–water partition coefficient (Wildman–Crippen LogP) is 7.59. The van der Waals surface area contributed by atoms with Crippen LogP contribution in [0.4, 0.5) is 11.6 Å². The Morgan fingerprint density at radius 3 is 2.03 bits per heavy atom. The van der Waals surface area contributed by atoms with E-state index in [0.29, 0.717) is 17.1 Å². The van der Waals surface area contributed by atoms with E-state index in [2.05, 4.69) is 20.0 Å². The molecule has 0 unspecified atom stereocenters. The van der Waals surface area contributed by atoms with Crippen LogP contribution in [0.5, 0.6) is 5.75 Å². The molecule has 2 aromatic carbocycles. The van der Waals surface area contributed by atoms with Crippen molar-refractivity contribution in [3.05, 3.63) is 90.5 Å². The maximum absolute atomic E-state index is 12.7. The third kappa shape index (κ3) is 6.71. The van der Waals surface area contributed by atoms with Crippen LogP contribution in [-0.2, 0) is 16.6 Å². The molecule has 2 heterocycles. The van der Waals surface area contributed by atoms with Crippen molar-refractivity contribution in [3.8, 4) is 5.75 Å². The third-order valence-corrected chi connectivity index (χ3v) is 8.63. The number of aryl methyl sites for hydroxylation is 2. The molecule has 39 heavy (non-hydrogen) atoms. The number of sulfonamides is 1. The molecule has 0 fully saturated rings. The number of nitrogens with zero attached hydrogens (tertiary/aromatic N) is 2. The molecular formula is C24H17Cl5N4O5S. The van der Waals surface area contributed by atoms with Gasteiger partial charge in [-0.25, -0.2) is 23.1 Å². The molecule has 4 aromatic rings. The first-order valence-corrected chi connectivity index (χ1v) is 14.2. The Morgan fingerprint density at radius 2 is 1.44 bits per heavy atom. The van der Waals surface area contributed by atoms with Gasteiger partial charge in [0.25, 0.3) is 15.9 Å². The van der Waals surface area contributed by atoms with Crippen LogP contribution in [0.1, 0.15) is 27.7 Å². The summed E-state index contributed by atoms with van der Waals surface area (Å²) in [7, 11) is -3.95. The molecule has 0 radical (unpaired) electrons. The minimum absolute atomic E-state index is 0.00471. The molecule has 1 amide bonds. The summed E-state index contributed by atoms with van der Waals surface area (Å²) in [5.41, 5.74) is 1.58. The van der Waals surface area contributed by atoms with Gasteiger partial charge >= 0.3 is 0 Å². The van der Waals surface area contributed by atoms with Gasteiger partial charge in [0.1, 0.15) is 22.4 Å². The average Bonchev–Trinajstić information content (AvgIpc) is 3.35. The molecule has 0 aliphatic heterocycles. The Balaban J connectivity index is 1.40. The maximum atomic E-state index is 12.7. The Morgan fingerprint density at radius 1 is 0.872 bits per heavy atom. The van der Waals surface area contributed by atoms with E-state index in [-0.39, 0.29) is 59.8 Å². The molecule has 0 aliphatic rings. The van der Waals surface area contributed by atoms with Gasteiger partial charge in [-0.05, 0) is 56.3 Å². The number of aromatic nitrogens is 2. The Hall–Kier alpha value is -2.73. The van der Waals surface area contributed by atoms with Gasteiger partial charge in [-0.3, -0.25) is 4.79 Å². The van der Waals surface area contributed by atoms with Crippen LogP contribution in [0, 0.1) is 13.8 Å². The van der Waals surface area contributed by atoms with Gasteiger partial charge in [0.15, 0.2) is 11.5 Å². The van der Waals surface area contributed by atoms with Crippen molar-refractivity contribution < 1.29 is 22.4 Å². The lowest BCUT2D eigenvalue weighted by molar-refractivity contribution is 0.0992. The number of hydrogen-bond acceptors (Lipinski definition) is 7. The zero-order valence-corrected chi connectivity index (χ0v) is 24.6. The van der Waals surface area contributed by atoms with E-state index in [1.807, 2.05) is 0 Å². The van der Waals surface area contributed by atoms with Crippen molar-refractivity contribution in [1.82, 2.24) is 9.97 Å². The van der Waals surface area contributed by atoms with E-state index < -0.39 is 15.9 Å². The molecule has 0 spiro atoms. The van der Waals surface area contributed by atoms with E-state index in [0.717, 1.165) is 0 Å². The molecule has 2 aromatic heterocycles. The molecule has 2 N–H and O–H groups in total. The minimum atomic E-state index is -3.95. The van der Waals surface area contributed by atoms with Crippen molar-refractivity contribution in [1.29, 1.82) is 0 Å². The quantitative estimate of drug-likeness (QED) is 0.149. The highest BCUT2D eigenvalue weighted by molar-refractivity contribution is 7.92. The van der Waals surface area contributed by atoms with Gasteiger partial charge in [0.2, 0.25) is 5.95 Å². The number of carbonyl (C=O) groups excluding carboxylic acids is 1. The monoisotopic (exact) mass is 648 g/mol. The summed E-state index contributed by atoms with van der Waals surface area (Å²) in [5, 5.41) is 2.53. The molecule has 9 nitrogen and oxygen atoms in total. The van der Waals surface area contributed by atoms with Gasteiger partial charge in [0, 0.05) is 17.1 Å². The number of ether oxygens (including phenoxy) is 1. The first-order chi connectivity index (χ1) is 18.4. The summed E-state index contributed by atoms with van der Waals surface area (Å²) >= 11 is 30.4. The van der Waals surface area contributed by atoms with Gasteiger partial charge in [-0.15, -0.1) is 0 Å². The van der Waals surface area contributed by atoms with Gasteiger partial charge in [-0.1, -0.05) is 58.0 Å². The normalized spacial score (nSPS) is 11.4. The van der Waals surface area contributed by atoms with Crippen LogP contribution in [0.3, 0.4) is 0 Å². The summed E-state index contributed by atoms with van der Waals surface area (Å²) < 4.78 is 38.9. The van der Waals surface area contributed by atoms with Crippen molar-refractivity contribution in [2.75, 3.05) is 10.0 Å². The van der Waals surface area contributed by atoms with Gasteiger partial charge in [0.05, 0.1) is 20.0 Å². The molecule has 15 heteroatoms. The zero-order chi connectivity index (χ0) is 28.5. The SMILES string of the molecule is Cc1cc(C)nc(NS(=O)(=O)c2ccc(NC(=O)c3ccc(COc4c(Cl)c(Cl)c(Cl)c(Cl)c4Cl)o3)cc2)n1. The summed E-state index contributed by atoms with van der Waals surface area (Å²) in [6, 6.07) is 10.2. The molecular weight excluding hydrogens is 634 g/mol. The minimum Gasteiger partial charge on any atom is -0.482 e. The van der Waals surface area contributed by atoms with E-state index >= 15 is 0 Å². The standard InChI is InChI=1S/C24H17Cl5N4O5S/c1-11-9-12(2)31-24(30-11)33-39(35,36)15-6-3-13(4-7-15)32-23(34)16-8-5-14(38-16)10-37-22-20(28)18(26)17(25)19(27)21(22)29/h3-9H,10H2,1-2H3,(H,32,34)(H,30,31,33). The molecule has 0 bridgehead atoms. The van der Waals surface area contributed by atoms with Crippen molar-refractivity contribution in [2.24, 2.45) is 0 Å². The fourth-order valence-electron chi connectivity index (χ4n) is 3.29.